The first kappa shape index (κ1) is 23.2. The van der Waals surface area contributed by atoms with Crippen LogP contribution in [0.15, 0.2) is 57.8 Å². The first-order chi connectivity index (χ1) is 15.4. The smallest absolute Gasteiger partial charge is 0.243 e. The maximum Gasteiger partial charge on any atom is 0.243 e. The Morgan fingerprint density at radius 1 is 1.12 bits per heavy atom. The van der Waals surface area contributed by atoms with Crippen molar-refractivity contribution in [2.45, 2.75) is 27.8 Å². The van der Waals surface area contributed by atoms with Crippen LogP contribution in [0.5, 0.6) is 0 Å². The summed E-state index contributed by atoms with van der Waals surface area (Å²) >= 11 is 9.05. The van der Waals surface area contributed by atoms with E-state index in [0.717, 1.165) is 22.7 Å². The number of hydrogen-bond donors (Lipinski definition) is 1. The Morgan fingerprint density at radius 2 is 1.91 bits per heavy atom. The van der Waals surface area contributed by atoms with Gasteiger partial charge in [-0.2, -0.15) is 4.31 Å². The Labute approximate surface area is 200 Å². The van der Waals surface area contributed by atoms with E-state index in [2.05, 4.69) is 15.5 Å². The molecule has 3 aromatic rings. The van der Waals surface area contributed by atoms with Gasteiger partial charge in [-0.25, -0.2) is 8.42 Å². The average molecular weight is 509 g/mol. The molecule has 0 amide bonds. The lowest BCUT2D eigenvalue weighted by atomic mass is 10.1. The maximum atomic E-state index is 12.7. The number of rotatable bonds is 9. The largest absolute Gasteiger partial charge is 0.353 e. The van der Waals surface area contributed by atoms with Gasteiger partial charge in [-0.3, -0.25) is 4.79 Å². The number of nitrogens with zero attached hydrogens (tertiary/aromatic N) is 3. The quantitative estimate of drug-likeness (QED) is 0.334. The molecule has 1 saturated heterocycles. The summed E-state index contributed by atoms with van der Waals surface area (Å²) in [5.41, 5.74) is 1.36. The van der Waals surface area contributed by atoms with Crippen LogP contribution in [0.2, 0.25) is 5.02 Å². The summed E-state index contributed by atoms with van der Waals surface area (Å²) < 4.78 is 27.7. The number of benzene rings is 2. The van der Waals surface area contributed by atoms with E-state index in [4.69, 9.17) is 11.6 Å². The molecule has 2 aromatic carbocycles. The van der Waals surface area contributed by atoms with Gasteiger partial charge < -0.3 is 5.32 Å². The fourth-order valence-electron chi connectivity index (χ4n) is 3.26. The lowest BCUT2D eigenvalue weighted by Crippen LogP contribution is -2.28. The molecule has 11 heteroatoms. The predicted molar refractivity (Wildman–Crippen MR) is 128 cm³/mol. The first-order valence-electron chi connectivity index (χ1n) is 10.0. The van der Waals surface area contributed by atoms with Gasteiger partial charge >= 0.3 is 0 Å². The lowest BCUT2D eigenvalue weighted by molar-refractivity contribution is 0.101. The van der Waals surface area contributed by atoms with E-state index in [1.807, 2.05) is 24.3 Å². The maximum absolute atomic E-state index is 12.7. The van der Waals surface area contributed by atoms with Crippen LogP contribution in [0.1, 0.15) is 28.8 Å². The third-order valence-corrected chi connectivity index (χ3v) is 9.30. The number of sulfonamides is 1. The number of aromatic nitrogens is 2. The summed E-state index contributed by atoms with van der Waals surface area (Å²) in [7, 11) is -3.56. The molecule has 32 heavy (non-hydrogen) atoms. The van der Waals surface area contributed by atoms with Gasteiger partial charge in [0, 0.05) is 29.4 Å². The second kappa shape index (κ2) is 10.3. The Kier molecular flexibility index (Phi) is 7.47. The molecule has 0 bridgehead atoms. The van der Waals surface area contributed by atoms with Crippen molar-refractivity contribution < 1.29 is 13.2 Å². The number of carbonyl (C=O) groups is 1. The van der Waals surface area contributed by atoms with Crippen LogP contribution < -0.4 is 5.32 Å². The van der Waals surface area contributed by atoms with Gasteiger partial charge in [0.25, 0.3) is 0 Å². The van der Waals surface area contributed by atoms with E-state index >= 15 is 0 Å². The Balaban J connectivity index is 1.35. The van der Waals surface area contributed by atoms with E-state index in [9.17, 15) is 13.2 Å². The van der Waals surface area contributed by atoms with Gasteiger partial charge in [0.15, 0.2) is 10.1 Å². The van der Waals surface area contributed by atoms with Crippen LogP contribution in [-0.2, 0) is 15.8 Å². The van der Waals surface area contributed by atoms with Gasteiger partial charge in [-0.15, -0.1) is 10.2 Å². The lowest BCUT2D eigenvalue weighted by Gasteiger charge is -2.15. The topological polar surface area (TPSA) is 92.3 Å². The highest BCUT2D eigenvalue weighted by atomic mass is 35.5. The molecule has 0 atom stereocenters. The number of anilines is 1. The highest BCUT2D eigenvalue weighted by Crippen LogP contribution is 2.30. The molecule has 1 aliphatic heterocycles. The zero-order valence-electron chi connectivity index (χ0n) is 17.0. The minimum atomic E-state index is -3.56. The third kappa shape index (κ3) is 5.49. The van der Waals surface area contributed by atoms with Crippen LogP contribution in [0.4, 0.5) is 5.13 Å². The third-order valence-electron chi connectivity index (χ3n) is 4.97. The van der Waals surface area contributed by atoms with Gasteiger partial charge in [0.05, 0.1) is 11.4 Å². The highest BCUT2D eigenvalue weighted by molar-refractivity contribution is 8.00. The fraction of sp³-hybridized carbons (Fsp3) is 0.286. The van der Waals surface area contributed by atoms with Gasteiger partial charge in [0.2, 0.25) is 15.2 Å². The van der Waals surface area contributed by atoms with Gasteiger partial charge in [-0.05, 0) is 36.6 Å². The summed E-state index contributed by atoms with van der Waals surface area (Å²) in [4.78, 5) is 12.8. The predicted octanol–water partition coefficient (Wildman–Crippen LogP) is 4.56. The van der Waals surface area contributed by atoms with Crippen LogP contribution in [-0.4, -0.2) is 48.3 Å². The van der Waals surface area contributed by atoms with Crippen LogP contribution >= 0.6 is 34.7 Å². The minimum absolute atomic E-state index is 0.00295. The summed E-state index contributed by atoms with van der Waals surface area (Å²) in [5.74, 6) is 0.454. The van der Waals surface area contributed by atoms with Gasteiger partial charge in [0.1, 0.15) is 0 Å². The molecule has 4 rings (SSSR count). The number of nitrogens with one attached hydrogen (secondary N) is 1. The number of carbonyl (C=O) groups excluding carboxylic acids is 1. The van der Waals surface area contributed by atoms with Gasteiger partial charge in [-0.1, -0.05) is 65.0 Å². The number of halogens is 1. The van der Waals surface area contributed by atoms with E-state index in [-0.39, 0.29) is 17.2 Å². The van der Waals surface area contributed by atoms with Crippen molar-refractivity contribution >= 4 is 55.6 Å². The molecule has 2 heterocycles. The number of ketones is 1. The van der Waals surface area contributed by atoms with E-state index in [1.165, 1.54) is 39.5 Å². The fourth-order valence-corrected chi connectivity index (χ4v) is 6.86. The molecule has 0 saturated carbocycles. The SMILES string of the molecule is O=C(CNc1nnc(SCc2ccccc2Cl)s1)c1cccc(S(=O)(=O)N2CCCC2)c1. The number of thioether (sulfide) groups is 1. The molecule has 7 nitrogen and oxygen atoms in total. The molecule has 1 N–H and O–H groups in total. The molecular formula is C21H21ClN4O3S3. The minimum Gasteiger partial charge on any atom is -0.353 e. The van der Waals surface area contributed by atoms with E-state index < -0.39 is 10.0 Å². The number of hydrogen-bond acceptors (Lipinski definition) is 8. The van der Waals surface area contributed by atoms with Crippen LogP contribution in [0.3, 0.4) is 0 Å². The Hall–Kier alpha value is -1.98. The molecule has 0 radical (unpaired) electrons. The van der Waals surface area contributed by atoms with Crippen molar-refractivity contribution in [3.8, 4) is 0 Å². The Morgan fingerprint density at radius 3 is 2.69 bits per heavy atom. The first-order valence-corrected chi connectivity index (χ1v) is 13.6. The monoisotopic (exact) mass is 508 g/mol. The Bertz CT molecular complexity index is 1210. The van der Waals surface area contributed by atoms with Crippen molar-refractivity contribution in [2.75, 3.05) is 25.0 Å². The zero-order chi connectivity index (χ0) is 22.6. The summed E-state index contributed by atoms with van der Waals surface area (Å²) in [5, 5.41) is 12.4. The van der Waals surface area contributed by atoms with Crippen molar-refractivity contribution in [2.24, 2.45) is 0 Å². The van der Waals surface area contributed by atoms with Crippen molar-refractivity contribution in [1.82, 2.24) is 14.5 Å². The van der Waals surface area contributed by atoms with E-state index in [0.29, 0.717) is 34.6 Å². The van der Waals surface area contributed by atoms with E-state index in [1.54, 1.807) is 12.1 Å². The van der Waals surface area contributed by atoms with Crippen LogP contribution in [0.25, 0.3) is 0 Å². The number of Topliss-reactive ketones (excluding diaryl/α,β-unsaturated/α-hetero) is 1. The molecule has 1 fully saturated rings. The molecule has 168 valence electrons. The molecule has 0 aliphatic carbocycles. The standard InChI is InChI=1S/C21H21ClN4O3S3/c22-18-9-2-1-6-16(18)14-30-21-25-24-20(31-21)23-13-19(27)15-7-5-8-17(12-15)32(28,29)26-10-3-4-11-26/h1-2,5-9,12H,3-4,10-11,13-14H2,(H,23,24). The van der Waals surface area contributed by atoms with Crippen molar-refractivity contribution in [1.29, 1.82) is 0 Å². The zero-order valence-corrected chi connectivity index (χ0v) is 20.2. The highest BCUT2D eigenvalue weighted by Gasteiger charge is 2.27. The molecule has 1 aliphatic rings. The average Bonchev–Trinajstić information content (AvgIpc) is 3.50. The summed E-state index contributed by atoms with van der Waals surface area (Å²) in [6.07, 6.45) is 1.73. The molecular weight excluding hydrogens is 488 g/mol. The van der Waals surface area contributed by atoms with Crippen LogP contribution in [0, 0.1) is 0 Å². The summed E-state index contributed by atoms with van der Waals surface area (Å²) in [6.45, 7) is 1.04. The summed E-state index contributed by atoms with van der Waals surface area (Å²) in [6, 6.07) is 13.8. The second-order valence-corrected chi connectivity index (χ2v) is 11.7. The normalized spacial score (nSPS) is 14.5. The molecule has 0 unspecified atom stereocenters. The molecule has 1 aromatic heterocycles. The van der Waals surface area contributed by atoms with Crippen molar-refractivity contribution in [3.63, 3.8) is 0 Å². The molecule has 0 spiro atoms. The second-order valence-electron chi connectivity index (χ2n) is 7.17. The van der Waals surface area contributed by atoms with Crippen molar-refractivity contribution in [3.05, 3.63) is 64.7 Å².